The molecule has 0 saturated carbocycles. The maximum Gasteiger partial charge on any atom is 0.325 e. The van der Waals surface area contributed by atoms with Gasteiger partial charge in [-0.15, -0.1) is 0 Å². The Hall–Kier alpha value is -2.04. The van der Waals surface area contributed by atoms with Crippen LogP contribution in [0.4, 0.5) is 0 Å². The summed E-state index contributed by atoms with van der Waals surface area (Å²) in [6.07, 6.45) is 0.131. The molecule has 0 saturated heterocycles. The first-order chi connectivity index (χ1) is 8.50. The Bertz CT molecular complexity index is 431. The summed E-state index contributed by atoms with van der Waals surface area (Å²) in [4.78, 5) is 21.9. The molecule has 0 aliphatic carbocycles. The molecular weight excluding hydrogens is 234 g/mol. The number of ether oxygens (including phenoxy) is 1. The number of para-hydroxylation sites is 1. The monoisotopic (exact) mass is 251 g/mol. The zero-order valence-corrected chi connectivity index (χ0v) is 10.5. The van der Waals surface area contributed by atoms with Gasteiger partial charge in [-0.25, -0.2) is 0 Å². The number of benzene rings is 1. The van der Waals surface area contributed by atoms with Crippen LogP contribution in [0.1, 0.15) is 18.9 Å². The third kappa shape index (κ3) is 4.45. The van der Waals surface area contributed by atoms with Crippen molar-refractivity contribution in [3.05, 3.63) is 29.8 Å². The fraction of sp³-hybridized carbons (Fsp3) is 0.385. The number of rotatable bonds is 6. The third-order valence-corrected chi connectivity index (χ3v) is 2.43. The SMILES string of the molecule is Cc1ccccc1OCCC(=O)N[C@H](C)C(=O)O. The van der Waals surface area contributed by atoms with E-state index in [0.717, 1.165) is 11.3 Å². The van der Waals surface area contributed by atoms with Gasteiger partial charge in [-0.05, 0) is 25.5 Å². The average Bonchev–Trinajstić information content (AvgIpc) is 2.31. The Labute approximate surface area is 106 Å². The Kier molecular flexibility index (Phi) is 5.17. The minimum Gasteiger partial charge on any atom is -0.493 e. The van der Waals surface area contributed by atoms with Gasteiger partial charge in [-0.1, -0.05) is 18.2 Å². The molecule has 0 spiro atoms. The second kappa shape index (κ2) is 6.64. The van der Waals surface area contributed by atoms with E-state index in [1.54, 1.807) is 0 Å². The largest absolute Gasteiger partial charge is 0.493 e. The summed E-state index contributed by atoms with van der Waals surface area (Å²) in [7, 11) is 0. The molecule has 0 heterocycles. The van der Waals surface area contributed by atoms with Crippen molar-refractivity contribution in [2.75, 3.05) is 6.61 Å². The van der Waals surface area contributed by atoms with Crippen LogP contribution < -0.4 is 10.1 Å². The highest BCUT2D eigenvalue weighted by molar-refractivity contribution is 5.83. The van der Waals surface area contributed by atoms with Gasteiger partial charge in [0.1, 0.15) is 11.8 Å². The maximum atomic E-state index is 11.4. The average molecular weight is 251 g/mol. The smallest absolute Gasteiger partial charge is 0.325 e. The fourth-order valence-corrected chi connectivity index (χ4v) is 1.35. The van der Waals surface area contributed by atoms with Gasteiger partial charge in [0.25, 0.3) is 0 Å². The summed E-state index contributed by atoms with van der Waals surface area (Å²) in [5.41, 5.74) is 0.997. The molecule has 1 rings (SSSR count). The van der Waals surface area contributed by atoms with Gasteiger partial charge in [0.15, 0.2) is 0 Å². The van der Waals surface area contributed by atoms with E-state index in [1.807, 2.05) is 31.2 Å². The summed E-state index contributed by atoms with van der Waals surface area (Å²) in [6.45, 7) is 3.56. The predicted molar refractivity (Wildman–Crippen MR) is 66.5 cm³/mol. The van der Waals surface area contributed by atoms with Crippen LogP contribution in [-0.4, -0.2) is 29.6 Å². The van der Waals surface area contributed by atoms with Crippen LogP contribution in [0, 0.1) is 6.92 Å². The van der Waals surface area contributed by atoms with Gasteiger partial charge in [0.2, 0.25) is 5.91 Å². The topological polar surface area (TPSA) is 75.6 Å². The van der Waals surface area contributed by atoms with E-state index in [-0.39, 0.29) is 18.9 Å². The van der Waals surface area contributed by atoms with Crippen LogP contribution in [0.2, 0.25) is 0 Å². The normalized spacial score (nSPS) is 11.7. The lowest BCUT2D eigenvalue weighted by Gasteiger charge is -2.11. The van der Waals surface area contributed by atoms with Crippen molar-refractivity contribution >= 4 is 11.9 Å². The van der Waals surface area contributed by atoms with E-state index in [0.29, 0.717) is 0 Å². The second-order valence-corrected chi connectivity index (χ2v) is 3.99. The van der Waals surface area contributed by atoms with Crippen LogP contribution in [-0.2, 0) is 9.59 Å². The van der Waals surface area contributed by atoms with Gasteiger partial charge in [0, 0.05) is 0 Å². The maximum absolute atomic E-state index is 11.4. The highest BCUT2D eigenvalue weighted by Crippen LogP contribution is 2.16. The van der Waals surface area contributed by atoms with E-state index >= 15 is 0 Å². The molecule has 0 aromatic heterocycles. The van der Waals surface area contributed by atoms with Crippen LogP contribution >= 0.6 is 0 Å². The molecule has 1 amide bonds. The number of carboxylic acids is 1. The zero-order chi connectivity index (χ0) is 13.5. The molecule has 0 bridgehead atoms. The molecule has 98 valence electrons. The van der Waals surface area contributed by atoms with Crippen molar-refractivity contribution in [2.24, 2.45) is 0 Å². The lowest BCUT2D eigenvalue weighted by atomic mass is 10.2. The molecule has 0 fully saturated rings. The number of nitrogens with one attached hydrogen (secondary N) is 1. The summed E-state index contributed by atoms with van der Waals surface area (Å²) >= 11 is 0. The van der Waals surface area contributed by atoms with Crippen LogP contribution in [0.5, 0.6) is 5.75 Å². The number of aliphatic carboxylic acids is 1. The highest BCUT2D eigenvalue weighted by Gasteiger charge is 2.13. The minimum absolute atomic E-state index is 0.131. The molecule has 0 aliphatic heterocycles. The van der Waals surface area contributed by atoms with Gasteiger partial charge in [0.05, 0.1) is 13.0 Å². The highest BCUT2D eigenvalue weighted by atomic mass is 16.5. The third-order valence-electron chi connectivity index (χ3n) is 2.43. The molecule has 5 nitrogen and oxygen atoms in total. The van der Waals surface area contributed by atoms with E-state index in [2.05, 4.69) is 5.32 Å². The quantitative estimate of drug-likeness (QED) is 0.800. The van der Waals surface area contributed by atoms with Crippen molar-refractivity contribution in [2.45, 2.75) is 26.3 Å². The molecule has 0 unspecified atom stereocenters. The van der Waals surface area contributed by atoms with E-state index in [1.165, 1.54) is 6.92 Å². The van der Waals surface area contributed by atoms with E-state index in [9.17, 15) is 9.59 Å². The van der Waals surface area contributed by atoms with E-state index < -0.39 is 12.0 Å². The number of amides is 1. The number of carbonyl (C=O) groups is 2. The number of hydrogen-bond acceptors (Lipinski definition) is 3. The van der Waals surface area contributed by atoms with Gasteiger partial charge >= 0.3 is 5.97 Å². The number of carboxylic acid groups (broad SMARTS) is 1. The molecule has 1 aromatic rings. The summed E-state index contributed by atoms with van der Waals surface area (Å²) < 4.78 is 5.44. The molecule has 5 heteroatoms. The summed E-state index contributed by atoms with van der Waals surface area (Å²) in [5, 5.41) is 11.0. The van der Waals surface area contributed by atoms with Crippen molar-refractivity contribution < 1.29 is 19.4 Å². The van der Waals surface area contributed by atoms with Crippen LogP contribution in [0.3, 0.4) is 0 Å². The van der Waals surface area contributed by atoms with Crippen LogP contribution in [0.25, 0.3) is 0 Å². The molecule has 0 radical (unpaired) electrons. The summed E-state index contributed by atoms with van der Waals surface area (Å²) in [5.74, 6) is -0.654. The molecule has 2 N–H and O–H groups in total. The van der Waals surface area contributed by atoms with Gasteiger partial charge in [-0.3, -0.25) is 9.59 Å². The van der Waals surface area contributed by atoms with Crippen molar-refractivity contribution in [3.8, 4) is 5.75 Å². The van der Waals surface area contributed by atoms with Gasteiger partial charge in [-0.2, -0.15) is 0 Å². The van der Waals surface area contributed by atoms with E-state index in [4.69, 9.17) is 9.84 Å². The first-order valence-electron chi connectivity index (χ1n) is 5.71. The minimum atomic E-state index is -1.05. The molecule has 18 heavy (non-hydrogen) atoms. The number of hydrogen-bond donors (Lipinski definition) is 2. The molecule has 0 aliphatic rings. The van der Waals surface area contributed by atoms with Crippen molar-refractivity contribution in [1.29, 1.82) is 0 Å². The molecule has 1 aromatic carbocycles. The van der Waals surface area contributed by atoms with Crippen molar-refractivity contribution in [3.63, 3.8) is 0 Å². The first kappa shape index (κ1) is 14.0. The second-order valence-electron chi connectivity index (χ2n) is 3.99. The van der Waals surface area contributed by atoms with Crippen LogP contribution in [0.15, 0.2) is 24.3 Å². The molecular formula is C13H17NO4. The zero-order valence-electron chi connectivity index (χ0n) is 10.5. The number of carbonyl (C=O) groups excluding carboxylic acids is 1. The Morgan fingerprint density at radius 1 is 1.39 bits per heavy atom. The van der Waals surface area contributed by atoms with Gasteiger partial charge < -0.3 is 15.2 Å². The lowest BCUT2D eigenvalue weighted by molar-refractivity contribution is -0.141. The summed E-state index contributed by atoms with van der Waals surface area (Å²) in [6, 6.07) is 6.63. The Morgan fingerprint density at radius 2 is 2.06 bits per heavy atom. The molecule has 1 atom stereocenters. The Morgan fingerprint density at radius 3 is 2.67 bits per heavy atom. The predicted octanol–water partition coefficient (Wildman–Crippen LogP) is 1.35. The fourth-order valence-electron chi connectivity index (χ4n) is 1.35. The van der Waals surface area contributed by atoms with Crippen molar-refractivity contribution in [1.82, 2.24) is 5.32 Å². The lowest BCUT2D eigenvalue weighted by Crippen LogP contribution is -2.38. The Balaban J connectivity index is 2.32. The number of aryl methyl sites for hydroxylation is 1. The first-order valence-corrected chi connectivity index (χ1v) is 5.71. The standard InChI is InChI=1S/C13H17NO4/c1-9-5-3-4-6-11(9)18-8-7-12(15)14-10(2)13(16)17/h3-6,10H,7-8H2,1-2H3,(H,14,15)(H,16,17)/t10-/m1/s1.